The van der Waals surface area contributed by atoms with Crippen molar-refractivity contribution in [2.24, 2.45) is 11.3 Å². The third-order valence-electron chi connectivity index (χ3n) is 4.31. The monoisotopic (exact) mass is 208 g/mol. The van der Waals surface area contributed by atoms with Crippen LogP contribution < -0.4 is 11.3 Å². The molecule has 86 valence electrons. The molecule has 0 aliphatic heterocycles. The van der Waals surface area contributed by atoms with Gasteiger partial charge in [-0.3, -0.25) is 11.3 Å². The van der Waals surface area contributed by atoms with Crippen molar-refractivity contribution in [3.63, 3.8) is 0 Å². The molecule has 0 radical (unpaired) electrons. The van der Waals surface area contributed by atoms with E-state index in [4.69, 9.17) is 5.84 Å². The number of allylic oxidation sites excluding steroid dienone is 1. The van der Waals surface area contributed by atoms with Gasteiger partial charge in [-0.1, -0.05) is 31.4 Å². The van der Waals surface area contributed by atoms with E-state index in [1.54, 1.807) is 5.57 Å². The number of nitrogens with two attached hydrogens (primary N) is 1. The van der Waals surface area contributed by atoms with Crippen LogP contribution in [0.1, 0.15) is 58.3 Å². The van der Waals surface area contributed by atoms with Crippen LogP contribution in [-0.2, 0) is 0 Å². The molecule has 0 amide bonds. The van der Waals surface area contributed by atoms with Crippen LogP contribution in [0.3, 0.4) is 0 Å². The average Bonchev–Trinajstić information content (AvgIpc) is 2.68. The number of hydrogen-bond donors (Lipinski definition) is 2. The second-order valence-corrected chi connectivity index (χ2v) is 5.49. The molecule has 1 unspecified atom stereocenters. The fourth-order valence-electron chi connectivity index (χ4n) is 3.35. The summed E-state index contributed by atoms with van der Waals surface area (Å²) < 4.78 is 0. The highest BCUT2D eigenvalue weighted by atomic mass is 15.2. The van der Waals surface area contributed by atoms with Gasteiger partial charge in [0.15, 0.2) is 0 Å². The molecular formula is C13H24N2. The lowest BCUT2D eigenvalue weighted by atomic mass is 9.75. The van der Waals surface area contributed by atoms with Gasteiger partial charge >= 0.3 is 0 Å². The molecule has 15 heavy (non-hydrogen) atoms. The molecule has 0 aromatic rings. The van der Waals surface area contributed by atoms with Crippen molar-refractivity contribution in [3.05, 3.63) is 11.6 Å². The van der Waals surface area contributed by atoms with Crippen LogP contribution in [0.4, 0.5) is 0 Å². The Balaban J connectivity index is 2.11. The molecule has 2 nitrogen and oxygen atoms in total. The lowest BCUT2D eigenvalue weighted by Crippen LogP contribution is -2.47. The highest BCUT2D eigenvalue weighted by molar-refractivity contribution is 5.17. The van der Waals surface area contributed by atoms with Gasteiger partial charge in [0.1, 0.15) is 0 Å². The molecule has 2 aliphatic rings. The summed E-state index contributed by atoms with van der Waals surface area (Å²) in [6.07, 6.45) is 13.1. The van der Waals surface area contributed by atoms with Gasteiger partial charge < -0.3 is 0 Å². The van der Waals surface area contributed by atoms with Crippen LogP contribution >= 0.6 is 0 Å². The maximum atomic E-state index is 5.78. The quantitative estimate of drug-likeness (QED) is 0.425. The first-order valence-corrected chi connectivity index (χ1v) is 6.41. The maximum Gasteiger partial charge on any atom is 0.0473 e. The van der Waals surface area contributed by atoms with Crippen molar-refractivity contribution >= 4 is 0 Å². The van der Waals surface area contributed by atoms with E-state index in [-0.39, 0.29) is 0 Å². The summed E-state index contributed by atoms with van der Waals surface area (Å²) in [5, 5.41) is 0. The maximum absolute atomic E-state index is 5.78. The predicted molar refractivity (Wildman–Crippen MR) is 64.2 cm³/mol. The Hall–Kier alpha value is -0.340. The minimum absolute atomic E-state index is 0.415. The number of nitrogens with one attached hydrogen (secondary N) is 1. The van der Waals surface area contributed by atoms with Gasteiger partial charge in [-0.25, -0.2) is 0 Å². The van der Waals surface area contributed by atoms with E-state index in [1.807, 2.05) is 0 Å². The molecule has 3 N–H and O–H groups in total. The molecule has 1 fully saturated rings. The van der Waals surface area contributed by atoms with E-state index in [9.17, 15) is 0 Å². The van der Waals surface area contributed by atoms with Crippen molar-refractivity contribution in [2.75, 3.05) is 0 Å². The van der Waals surface area contributed by atoms with Gasteiger partial charge in [-0.2, -0.15) is 0 Å². The molecule has 2 rings (SSSR count). The molecule has 0 spiro atoms. The molecule has 1 saturated carbocycles. The number of hydrogen-bond acceptors (Lipinski definition) is 2. The fraction of sp³-hybridized carbons (Fsp3) is 0.846. The Bertz CT molecular complexity index is 239. The van der Waals surface area contributed by atoms with Crippen LogP contribution in [0.5, 0.6) is 0 Å². The number of rotatable bonds is 3. The lowest BCUT2D eigenvalue weighted by Gasteiger charge is -2.36. The third-order valence-corrected chi connectivity index (χ3v) is 4.31. The Morgan fingerprint density at radius 3 is 2.53 bits per heavy atom. The minimum atomic E-state index is 0.415. The molecule has 0 saturated heterocycles. The second-order valence-electron chi connectivity index (χ2n) is 5.49. The lowest BCUT2D eigenvalue weighted by molar-refractivity contribution is 0.244. The van der Waals surface area contributed by atoms with E-state index >= 15 is 0 Å². The zero-order valence-electron chi connectivity index (χ0n) is 9.89. The third kappa shape index (κ3) is 2.26. The van der Waals surface area contributed by atoms with E-state index in [0.29, 0.717) is 11.5 Å². The van der Waals surface area contributed by atoms with Crippen LogP contribution in [-0.4, -0.2) is 6.04 Å². The zero-order chi connectivity index (χ0) is 10.7. The first-order valence-electron chi connectivity index (χ1n) is 6.41. The zero-order valence-corrected chi connectivity index (χ0v) is 9.89. The standard InChI is InChI=1S/C13H24N2/c1-13(9-5-6-10-13)12(15-14)11-7-3-2-4-8-11/h7,12,15H,2-6,8-10,14H2,1H3. The van der Waals surface area contributed by atoms with E-state index in [1.165, 1.54) is 51.4 Å². The van der Waals surface area contributed by atoms with Crippen molar-refractivity contribution in [1.82, 2.24) is 5.43 Å². The number of hydrazine groups is 1. The van der Waals surface area contributed by atoms with Gasteiger partial charge in [0.2, 0.25) is 0 Å². The van der Waals surface area contributed by atoms with Crippen molar-refractivity contribution < 1.29 is 0 Å². The van der Waals surface area contributed by atoms with Crippen LogP contribution in [0, 0.1) is 5.41 Å². The minimum Gasteiger partial charge on any atom is -0.271 e. The van der Waals surface area contributed by atoms with Gasteiger partial charge in [0, 0.05) is 6.04 Å². The summed E-state index contributed by atoms with van der Waals surface area (Å²) in [5.74, 6) is 5.78. The largest absolute Gasteiger partial charge is 0.271 e. The summed E-state index contributed by atoms with van der Waals surface area (Å²) in [7, 11) is 0. The van der Waals surface area contributed by atoms with E-state index in [2.05, 4.69) is 18.4 Å². The summed E-state index contributed by atoms with van der Waals surface area (Å²) >= 11 is 0. The Kier molecular flexibility index (Phi) is 3.47. The molecule has 2 heteroatoms. The van der Waals surface area contributed by atoms with Gasteiger partial charge in [0.05, 0.1) is 0 Å². The van der Waals surface area contributed by atoms with Gasteiger partial charge in [-0.15, -0.1) is 0 Å². The SMILES string of the molecule is CC1(C(NN)C2=CCCCC2)CCCC1. The molecular weight excluding hydrogens is 184 g/mol. The molecule has 2 aliphatic carbocycles. The first-order chi connectivity index (χ1) is 7.26. The summed E-state index contributed by atoms with van der Waals surface area (Å²) in [5.41, 5.74) is 5.08. The van der Waals surface area contributed by atoms with E-state index < -0.39 is 0 Å². The molecule has 1 atom stereocenters. The van der Waals surface area contributed by atoms with E-state index in [0.717, 1.165) is 0 Å². The van der Waals surface area contributed by atoms with Crippen LogP contribution in [0.25, 0.3) is 0 Å². The average molecular weight is 208 g/mol. The van der Waals surface area contributed by atoms with Crippen molar-refractivity contribution in [2.45, 2.75) is 64.3 Å². The summed E-state index contributed by atoms with van der Waals surface area (Å²) in [6.45, 7) is 2.40. The van der Waals surface area contributed by atoms with Gasteiger partial charge in [-0.05, 0) is 43.9 Å². The Morgan fingerprint density at radius 1 is 1.27 bits per heavy atom. The van der Waals surface area contributed by atoms with Crippen LogP contribution in [0.2, 0.25) is 0 Å². The van der Waals surface area contributed by atoms with Crippen LogP contribution in [0.15, 0.2) is 11.6 Å². The van der Waals surface area contributed by atoms with Crippen molar-refractivity contribution in [3.8, 4) is 0 Å². The molecule has 0 aromatic carbocycles. The fourth-order valence-corrected chi connectivity index (χ4v) is 3.35. The highest BCUT2D eigenvalue weighted by Crippen LogP contribution is 2.43. The first kappa shape index (κ1) is 11.2. The molecule has 0 heterocycles. The summed E-state index contributed by atoms with van der Waals surface area (Å²) in [4.78, 5) is 0. The molecule has 0 aromatic heterocycles. The van der Waals surface area contributed by atoms with Gasteiger partial charge in [0.25, 0.3) is 0 Å². The Morgan fingerprint density at radius 2 is 2.00 bits per heavy atom. The predicted octanol–water partition coefficient (Wildman–Crippen LogP) is 2.90. The smallest absolute Gasteiger partial charge is 0.0473 e. The normalized spacial score (nSPS) is 27.5. The molecule has 0 bridgehead atoms. The second kappa shape index (κ2) is 4.67. The topological polar surface area (TPSA) is 38.0 Å². The Labute approximate surface area is 93.3 Å². The highest BCUT2D eigenvalue weighted by Gasteiger charge is 2.38. The van der Waals surface area contributed by atoms with Crippen molar-refractivity contribution in [1.29, 1.82) is 0 Å². The summed E-state index contributed by atoms with van der Waals surface area (Å²) in [6, 6.07) is 0.431.